The Labute approximate surface area is 86.6 Å². The fourth-order valence-corrected chi connectivity index (χ4v) is 1.20. The van der Waals surface area contributed by atoms with E-state index >= 15 is 0 Å². The van der Waals surface area contributed by atoms with Crippen LogP contribution in [0.2, 0.25) is 0 Å². The van der Waals surface area contributed by atoms with Crippen molar-refractivity contribution in [1.29, 1.82) is 0 Å². The van der Waals surface area contributed by atoms with Crippen LogP contribution in [0.3, 0.4) is 0 Å². The molecule has 0 aromatic rings. The van der Waals surface area contributed by atoms with Gasteiger partial charge in [-0.1, -0.05) is 13.8 Å². The molecule has 0 spiro atoms. The van der Waals surface area contributed by atoms with Crippen molar-refractivity contribution in [3.63, 3.8) is 0 Å². The van der Waals surface area contributed by atoms with Crippen molar-refractivity contribution in [2.24, 2.45) is 0 Å². The van der Waals surface area contributed by atoms with Crippen LogP contribution in [-0.2, 0) is 9.53 Å². The number of nitrogens with one attached hydrogen (secondary N) is 1. The molecule has 0 radical (unpaired) electrons. The monoisotopic (exact) mass is 202 g/mol. The van der Waals surface area contributed by atoms with Gasteiger partial charge in [0.25, 0.3) is 0 Å². The fourth-order valence-electron chi connectivity index (χ4n) is 1.20. The molecule has 1 N–H and O–H groups in total. The Morgan fingerprint density at radius 2 is 2.14 bits per heavy atom. The van der Waals surface area contributed by atoms with Crippen LogP contribution in [0.1, 0.15) is 20.3 Å². The van der Waals surface area contributed by atoms with Crippen LogP contribution in [0, 0.1) is 0 Å². The number of ether oxygens (including phenoxy) is 1. The summed E-state index contributed by atoms with van der Waals surface area (Å²) in [5.74, 6) is -0.170. The highest BCUT2D eigenvalue weighted by Crippen LogP contribution is 1.97. The summed E-state index contributed by atoms with van der Waals surface area (Å²) in [6, 6.07) is -0.168. The van der Waals surface area contributed by atoms with Gasteiger partial charge in [0.1, 0.15) is 6.04 Å². The minimum absolute atomic E-state index is 0.168. The third-order valence-electron chi connectivity index (χ3n) is 2.28. The number of carbonyl (C=O) groups is 1. The normalized spacial score (nSPS) is 12.9. The van der Waals surface area contributed by atoms with Crippen LogP contribution in [0.4, 0.5) is 0 Å². The maximum Gasteiger partial charge on any atom is 0.322 e. The van der Waals surface area contributed by atoms with Crippen molar-refractivity contribution in [2.75, 3.05) is 33.8 Å². The molecule has 0 aliphatic rings. The topological polar surface area (TPSA) is 41.6 Å². The molecule has 0 saturated carbocycles. The molecule has 0 bridgehead atoms. The summed E-state index contributed by atoms with van der Waals surface area (Å²) >= 11 is 0. The van der Waals surface area contributed by atoms with Crippen LogP contribution in [0.25, 0.3) is 0 Å². The predicted molar refractivity (Wildman–Crippen MR) is 57.3 cm³/mol. The number of carbonyl (C=O) groups excluding carboxylic acids is 1. The molecule has 1 atom stereocenters. The summed E-state index contributed by atoms with van der Waals surface area (Å²) < 4.78 is 4.71. The summed E-state index contributed by atoms with van der Waals surface area (Å²) in [7, 11) is 3.47. The minimum Gasteiger partial charge on any atom is -0.468 e. The molecule has 0 aromatic carbocycles. The second-order valence-electron chi connectivity index (χ2n) is 3.32. The van der Waals surface area contributed by atoms with E-state index in [9.17, 15) is 4.79 Å². The summed E-state index contributed by atoms with van der Waals surface area (Å²) in [5.41, 5.74) is 0. The summed E-state index contributed by atoms with van der Waals surface area (Å²) in [5, 5.41) is 3.11. The predicted octanol–water partition coefficient (Wildman–Crippen LogP) is 0.479. The van der Waals surface area contributed by atoms with E-state index in [2.05, 4.69) is 17.1 Å². The molecule has 0 aliphatic carbocycles. The SMILES string of the molecule is CCNC(CCN(C)CC)C(=O)OC. The Balaban J connectivity index is 3.90. The molecule has 0 amide bonds. The van der Waals surface area contributed by atoms with Crippen molar-refractivity contribution in [3.05, 3.63) is 0 Å². The standard InChI is InChI=1S/C10H22N2O2/c1-5-11-9(10(13)14-4)7-8-12(3)6-2/h9,11H,5-8H2,1-4H3. The molecule has 0 heterocycles. The highest BCUT2D eigenvalue weighted by atomic mass is 16.5. The van der Waals surface area contributed by atoms with Crippen molar-refractivity contribution >= 4 is 5.97 Å². The van der Waals surface area contributed by atoms with E-state index in [0.29, 0.717) is 0 Å². The second kappa shape index (κ2) is 7.76. The lowest BCUT2D eigenvalue weighted by molar-refractivity contribution is -0.143. The van der Waals surface area contributed by atoms with Gasteiger partial charge in [-0.25, -0.2) is 0 Å². The Kier molecular flexibility index (Phi) is 7.42. The van der Waals surface area contributed by atoms with Crippen molar-refractivity contribution in [1.82, 2.24) is 10.2 Å². The number of likely N-dealkylation sites (N-methyl/N-ethyl adjacent to an activating group) is 1. The highest BCUT2D eigenvalue weighted by molar-refractivity contribution is 5.75. The van der Waals surface area contributed by atoms with E-state index in [1.165, 1.54) is 7.11 Å². The maximum absolute atomic E-state index is 11.3. The Hall–Kier alpha value is -0.610. The number of rotatable bonds is 7. The van der Waals surface area contributed by atoms with E-state index < -0.39 is 0 Å². The van der Waals surface area contributed by atoms with Gasteiger partial charge < -0.3 is 15.0 Å². The average molecular weight is 202 g/mol. The molecular weight excluding hydrogens is 180 g/mol. The van der Waals surface area contributed by atoms with Gasteiger partial charge in [0.05, 0.1) is 7.11 Å². The number of nitrogens with zero attached hydrogens (tertiary/aromatic N) is 1. The lowest BCUT2D eigenvalue weighted by atomic mass is 10.2. The fraction of sp³-hybridized carbons (Fsp3) is 0.900. The molecule has 0 aliphatic heterocycles. The van der Waals surface area contributed by atoms with Crippen LogP contribution in [0.15, 0.2) is 0 Å². The van der Waals surface area contributed by atoms with Crippen LogP contribution >= 0.6 is 0 Å². The second-order valence-corrected chi connectivity index (χ2v) is 3.32. The number of hydrogen-bond donors (Lipinski definition) is 1. The van der Waals surface area contributed by atoms with Gasteiger partial charge in [-0.05, 0) is 33.1 Å². The van der Waals surface area contributed by atoms with Gasteiger partial charge in [0.15, 0.2) is 0 Å². The van der Waals surface area contributed by atoms with Crippen LogP contribution < -0.4 is 5.32 Å². The first-order chi connectivity index (χ1) is 6.65. The molecule has 0 saturated heterocycles. The zero-order valence-electron chi connectivity index (χ0n) is 9.67. The molecule has 0 fully saturated rings. The molecule has 0 aromatic heterocycles. The number of esters is 1. The minimum atomic E-state index is -0.170. The van der Waals surface area contributed by atoms with Gasteiger partial charge in [0.2, 0.25) is 0 Å². The molecular formula is C10H22N2O2. The quantitative estimate of drug-likeness (QED) is 0.610. The van der Waals surface area contributed by atoms with E-state index in [0.717, 1.165) is 26.1 Å². The van der Waals surface area contributed by atoms with Gasteiger partial charge in [-0.15, -0.1) is 0 Å². The van der Waals surface area contributed by atoms with Gasteiger partial charge in [-0.2, -0.15) is 0 Å². The first kappa shape index (κ1) is 13.4. The van der Waals surface area contributed by atoms with E-state index in [1.54, 1.807) is 0 Å². The molecule has 0 rings (SSSR count). The van der Waals surface area contributed by atoms with Gasteiger partial charge in [0, 0.05) is 0 Å². The Morgan fingerprint density at radius 3 is 2.57 bits per heavy atom. The number of methoxy groups -OCH3 is 1. The smallest absolute Gasteiger partial charge is 0.322 e. The molecule has 4 heteroatoms. The first-order valence-electron chi connectivity index (χ1n) is 5.15. The molecule has 1 unspecified atom stereocenters. The summed E-state index contributed by atoms with van der Waals surface area (Å²) in [4.78, 5) is 13.5. The maximum atomic E-state index is 11.3. The van der Waals surface area contributed by atoms with E-state index in [1.807, 2.05) is 14.0 Å². The third kappa shape index (κ3) is 5.19. The lowest BCUT2D eigenvalue weighted by Gasteiger charge is -2.19. The van der Waals surface area contributed by atoms with Gasteiger partial charge >= 0.3 is 5.97 Å². The van der Waals surface area contributed by atoms with Crippen LogP contribution in [0.5, 0.6) is 0 Å². The van der Waals surface area contributed by atoms with E-state index in [-0.39, 0.29) is 12.0 Å². The lowest BCUT2D eigenvalue weighted by Crippen LogP contribution is -2.40. The first-order valence-corrected chi connectivity index (χ1v) is 5.15. The summed E-state index contributed by atoms with van der Waals surface area (Å²) in [6.07, 6.45) is 0.796. The average Bonchev–Trinajstić information content (AvgIpc) is 2.22. The summed E-state index contributed by atoms with van der Waals surface area (Å²) in [6.45, 7) is 6.78. The Bertz CT molecular complexity index is 162. The highest BCUT2D eigenvalue weighted by Gasteiger charge is 2.17. The van der Waals surface area contributed by atoms with Gasteiger partial charge in [-0.3, -0.25) is 4.79 Å². The zero-order chi connectivity index (χ0) is 11.0. The van der Waals surface area contributed by atoms with Crippen molar-refractivity contribution < 1.29 is 9.53 Å². The largest absolute Gasteiger partial charge is 0.468 e. The zero-order valence-corrected chi connectivity index (χ0v) is 9.67. The van der Waals surface area contributed by atoms with E-state index in [4.69, 9.17) is 4.74 Å². The van der Waals surface area contributed by atoms with Crippen molar-refractivity contribution in [3.8, 4) is 0 Å². The Morgan fingerprint density at radius 1 is 1.50 bits per heavy atom. The van der Waals surface area contributed by atoms with Crippen molar-refractivity contribution in [2.45, 2.75) is 26.3 Å². The number of hydrogen-bond acceptors (Lipinski definition) is 4. The molecule has 4 nitrogen and oxygen atoms in total. The van der Waals surface area contributed by atoms with Crippen LogP contribution in [-0.4, -0.2) is 50.7 Å². The molecule has 84 valence electrons. The molecule has 14 heavy (non-hydrogen) atoms. The third-order valence-corrected chi connectivity index (χ3v) is 2.28.